The second-order valence-corrected chi connectivity index (χ2v) is 11.5. The summed E-state index contributed by atoms with van der Waals surface area (Å²) in [6, 6.07) is 0. The van der Waals surface area contributed by atoms with Gasteiger partial charge in [-0.3, -0.25) is 0 Å². The molecule has 1 nitrogen and oxygen atoms in total. The van der Waals surface area contributed by atoms with Crippen molar-refractivity contribution in [2.24, 2.45) is 29.6 Å². The molecule has 30 heavy (non-hydrogen) atoms. The molecule has 0 radical (unpaired) electrons. The van der Waals surface area contributed by atoms with Gasteiger partial charge in [0.15, 0.2) is 0 Å². The maximum absolute atomic E-state index is 6.35. The maximum atomic E-state index is 6.35. The minimum absolute atomic E-state index is 0.590. The van der Waals surface area contributed by atoms with Gasteiger partial charge in [-0.25, -0.2) is 0 Å². The van der Waals surface area contributed by atoms with Gasteiger partial charge < -0.3 is 4.74 Å². The fourth-order valence-corrected chi connectivity index (χ4v) is 7.20. The van der Waals surface area contributed by atoms with E-state index in [0.717, 1.165) is 36.2 Å². The van der Waals surface area contributed by atoms with Gasteiger partial charge in [0.2, 0.25) is 0 Å². The highest BCUT2D eigenvalue weighted by Gasteiger charge is 2.31. The van der Waals surface area contributed by atoms with E-state index in [9.17, 15) is 0 Å². The number of ether oxygens (including phenoxy) is 1. The van der Waals surface area contributed by atoms with Crippen LogP contribution >= 0.6 is 0 Å². The smallest absolute Gasteiger partial charge is 0.0575 e. The van der Waals surface area contributed by atoms with Gasteiger partial charge in [0.1, 0.15) is 0 Å². The molecule has 0 spiro atoms. The SMILES string of the molecule is CCCCCC1CCC(CCCOC2CCC(C3CCC(CCC)CC3)CC2)CC1. The van der Waals surface area contributed by atoms with Crippen molar-refractivity contribution in [2.75, 3.05) is 6.61 Å². The number of unbranched alkanes of at least 4 members (excludes halogenated alkanes) is 2. The Morgan fingerprint density at radius 3 is 1.57 bits per heavy atom. The van der Waals surface area contributed by atoms with Crippen molar-refractivity contribution < 1.29 is 4.74 Å². The molecule has 0 unspecified atom stereocenters. The van der Waals surface area contributed by atoms with Crippen molar-refractivity contribution >= 4 is 0 Å². The van der Waals surface area contributed by atoms with Gasteiger partial charge in [0.05, 0.1) is 6.10 Å². The lowest BCUT2D eigenvalue weighted by molar-refractivity contribution is 0.00369. The predicted octanol–water partition coefficient (Wildman–Crippen LogP) is 9.34. The zero-order chi connectivity index (χ0) is 21.0. The summed E-state index contributed by atoms with van der Waals surface area (Å²) >= 11 is 0. The summed E-state index contributed by atoms with van der Waals surface area (Å²) < 4.78 is 6.35. The van der Waals surface area contributed by atoms with Crippen LogP contribution in [0.15, 0.2) is 0 Å². The summed E-state index contributed by atoms with van der Waals surface area (Å²) in [5, 5.41) is 0. The summed E-state index contributed by atoms with van der Waals surface area (Å²) in [5.41, 5.74) is 0. The standard InChI is InChI=1S/C29H54O/c1-3-5-6-9-25-11-13-26(14-12-25)10-7-23-30-29-21-19-28(20-22-29)27-17-15-24(8-4-2)16-18-27/h24-29H,3-23H2,1-2H3. The van der Waals surface area contributed by atoms with E-state index in [2.05, 4.69) is 13.8 Å². The van der Waals surface area contributed by atoms with Crippen molar-refractivity contribution in [3.05, 3.63) is 0 Å². The van der Waals surface area contributed by atoms with E-state index in [1.54, 1.807) is 0 Å². The lowest BCUT2D eigenvalue weighted by Crippen LogP contribution is -2.28. The Kier molecular flexibility index (Phi) is 11.6. The van der Waals surface area contributed by atoms with Crippen LogP contribution in [-0.2, 0) is 4.74 Å². The van der Waals surface area contributed by atoms with Crippen LogP contribution in [-0.4, -0.2) is 12.7 Å². The molecule has 3 aliphatic carbocycles. The topological polar surface area (TPSA) is 9.23 Å². The Morgan fingerprint density at radius 2 is 1.00 bits per heavy atom. The van der Waals surface area contributed by atoms with Crippen molar-refractivity contribution in [3.8, 4) is 0 Å². The van der Waals surface area contributed by atoms with Crippen LogP contribution in [0.3, 0.4) is 0 Å². The molecule has 3 rings (SSSR count). The van der Waals surface area contributed by atoms with Crippen LogP contribution in [0.4, 0.5) is 0 Å². The molecule has 0 heterocycles. The Labute approximate surface area is 189 Å². The molecule has 0 N–H and O–H groups in total. The van der Waals surface area contributed by atoms with E-state index in [1.165, 1.54) is 128 Å². The molecule has 0 atom stereocenters. The summed E-state index contributed by atoms with van der Waals surface area (Å²) in [6.45, 7) is 5.71. The lowest BCUT2D eigenvalue weighted by atomic mass is 9.70. The third-order valence-electron chi connectivity index (χ3n) is 9.27. The third-order valence-corrected chi connectivity index (χ3v) is 9.27. The highest BCUT2D eigenvalue weighted by molar-refractivity contribution is 4.82. The first-order chi connectivity index (χ1) is 14.8. The molecular weight excluding hydrogens is 364 g/mol. The van der Waals surface area contributed by atoms with Crippen molar-refractivity contribution in [1.82, 2.24) is 0 Å². The second-order valence-electron chi connectivity index (χ2n) is 11.5. The summed E-state index contributed by atoms with van der Waals surface area (Å²) in [6.07, 6.45) is 29.7. The Morgan fingerprint density at radius 1 is 0.500 bits per heavy atom. The van der Waals surface area contributed by atoms with Crippen LogP contribution in [0.25, 0.3) is 0 Å². The van der Waals surface area contributed by atoms with Crippen LogP contribution in [0.1, 0.15) is 142 Å². The zero-order valence-electron chi connectivity index (χ0n) is 20.7. The average Bonchev–Trinajstić information content (AvgIpc) is 2.79. The Bertz CT molecular complexity index is 408. The van der Waals surface area contributed by atoms with Crippen molar-refractivity contribution in [2.45, 2.75) is 148 Å². The van der Waals surface area contributed by atoms with Gasteiger partial charge in [0.25, 0.3) is 0 Å². The van der Waals surface area contributed by atoms with E-state index in [1.807, 2.05) is 0 Å². The highest BCUT2D eigenvalue weighted by atomic mass is 16.5. The van der Waals surface area contributed by atoms with Crippen LogP contribution in [0, 0.1) is 29.6 Å². The monoisotopic (exact) mass is 418 g/mol. The van der Waals surface area contributed by atoms with E-state index in [4.69, 9.17) is 4.74 Å². The molecule has 0 amide bonds. The van der Waals surface area contributed by atoms with Crippen LogP contribution < -0.4 is 0 Å². The summed E-state index contributed by atoms with van der Waals surface area (Å²) in [5.74, 6) is 5.20. The van der Waals surface area contributed by atoms with Gasteiger partial charge in [0, 0.05) is 6.61 Å². The van der Waals surface area contributed by atoms with Crippen LogP contribution in [0.5, 0.6) is 0 Å². The first kappa shape index (κ1) is 24.6. The van der Waals surface area contributed by atoms with Gasteiger partial charge in [-0.15, -0.1) is 0 Å². The van der Waals surface area contributed by atoms with E-state index in [0.29, 0.717) is 6.10 Å². The van der Waals surface area contributed by atoms with Gasteiger partial charge in [-0.05, 0) is 81.0 Å². The lowest BCUT2D eigenvalue weighted by Gasteiger charge is -2.38. The molecule has 3 saturated carbocycles. The molecule has 3 aliphatic rings. The Hall–Kier alpha value is -0.0400. The normalized spacial score (nSPS) is 35.4. The fourth-order valence-electron chi connectivity index (χ4n) is 7.20. The molecule has 176 valence electrons. The van der Waals surface area contributed by atoms with E-state index in [-0.39, 0.29) is 0 Å². The molecule has 0 bridgehead atoms. The van der Waals surface area contributed by atoms with Gasteiger partial charge in [-0.2, -0.15) is 0 Å². The molecular formula is C29H54O. The Balaban J connectivity index is 1.18. The summed E-state index contributed by atoms with van der Waals surface area (Å²) in [4.78, 5) is 0. The number of hydrogen-bond donors (Lipinski definition) is 0. The molecule has 3 fully saturated rings. The minimum atomic E-state index is 0.590. The minimum Gasteiger partial charge on any atom is -0.378 e. The third kappa shape index (κ3) is 8.48. The van der Waals surface area contributed by atoms with Crippen LogP contribution in [0.2, 0.25) is 0 Å². The average molecular weight is 419 g/mol. The molecule has 0 aliphatic heterocycles. The first-order valence-corrected chi connectivity index (χ1v) is 14.4. The molecule has 0 aromatic heterocycles. The highest BCUT2D eigenvalue weighted by Crippen LogP contribution is 2.41. The molecule has 0 aromatic carbocycles. The summed E-state index contributed by atoms with van der Waals surface area (Å²) in [7, 11) is 0. The largest absolute Gasteiger partial charge is 0.378 e. The van der Waals surface area contributed by atoms with Gasteiger partial charge >= 0.3 is 0 Å². The maximum Gasteiger partial charge on any atom is 0.0575 e. The van der Waals surface area contributed by atoms with Gasteiger partial charge in [-0.1, -0.05) is 90.9 Å². The molecule has 0 aromatic rings. The fraction of sp³-hybridized carbons (Fsp3) is 1.00. The predicted molar refractivity (Wildman–Crippen MR) is 131 cm³/mol. The van der Waals surface area contributed by atoms with E-state index >= 15 is 0 Å². The van der Waals surface area contributed by atoms with Crippen molar-refractivity contribution in [1.29, 1.82) is 0 Å². The molecule has 0 saturated heterocycles. The number of hydrogen-bond acceptors (Lipinski definition) is 1. The number of rotatable bonds is 12. The van der Waals surface area contributed by atoms with E-state index < -0.39 is 0 Å². The quantitative estimate of drug-likeness (QED) is 0.287. The zero-order valence-corrected chi connectivity index (χ0v) is 20.7. The van der Waals surface area contributed by atoms with Crippen molar-refractivity contribution in [3.63, 3.8) is 0 Å². The molecule has 1 heteroatoms. The second kappa shape index (κ2) is 14.2. The first-order valence-electron chi connectivity index (χ1n) is 14.4.